The Morgan fingerprint density at radius 2 is 1.44 bits per heavy atom. The Bertz CT molecular complexity index is 280. The van der Waals surface area contributed by atoms with Crippen molar-refractivity contribution in [2.24, 2.45) is 0 Å². The standard InChI is InChI=1S/C12H20NO2P/c1-10(2)14-16(15-11(3)4)13-12-8-6-5-7-9-12/h5-11,13H,1-4H3. The Labute approximate surface area is 99.1 Å². The largest absolute Gasteiger partial charge is 0.320 e. The van der Waals surface area contributed by atoms with Crippen molar-refractivity contribution in [1.82, 2.24) is 0 Å². The molecule has 1 rings (SSSR count). The fraction of sp³-hybridized carbons (Fsp3) is 0.500. The monoisotopic (exact) mass is 241 g/mol. The predicted octanol–water partition coefficient (Wildman–Crippen LogP) is 4.18. The van der Waals surface area contributed by atoms with Crippen LogP contribution in [0.15, 0.2) is 30.3 Å². The average Bonchev–Trinajstić information content (AvgIpc) is 2.16. The Morgan fingerprint density at radius 3 is 1.88 bits per heavy atom. The Balaban J connectivity index is 2.56. The molecule has 3 nitrogen and oxygen atoms in total. The molecule has 0 aliphatic rings. The van der Waals surface area contributed by atoms with E-state index in [4.69, 9.17) is 9.05 Å². The molecule has 0 spiro atoms. The summed E-state index contributed by atoms with van der Waals surface area (Å²) in [7, 11) is -1.07. The number of rotatable bonds is 6. The van der Waals surface area contributed by atoms with Crippen molar-refractivity contribution >= 4 is 14.2 Å². The summed E-state index contributed by atoms with van der Waals surface area (Å²) in [4.78, 5) is 0. The van der Waals surface area contributed by atoms with Crippen molar-refractivity contribution in [2.45, 2.75) is 39.9 Å². The molecule has 0 saturated heterocycles. The SMILES string of the molecule is CC(C)OP(Nc1ccccc1)OC(C)C. The van der Waals surface area contributed by atoms with Gasteiger partial charge in [0.2, 0.25) is 0 Å². The van der Waals surface area contributed by atoms with Gasteiger partial charge in [0.25, 0.3) is 8.53 Å². The third-order valence-corrected chi connectivity index (χ3v) is 3.27. The molecular formula is C12H20NO2P. The summed E-state index contributed by atoms with van der Waals surface area (Å²) >= 11 is 0. The van der Waals surface area contributed by atoms with Crippen molar-refractivity contribution < 1.29 is 9.05 Å². The number of para-hydroxylation sites is 1. The number of nitrogens with one attached hydrogen (secondary N) is 1. The van der Waals surface area contributed by atoms with E-state index in [2.05, 4.69) is 5.09 Å². The van der Waals surface area contributed by atoms with Gasteiger partial charge in [0, 0.05) is 5.69 Å². The first kappa shape index (κ1) is 13.4. The summed E-state index contributed by atoms with van der Waals surface area (Å²) in [5.74, 6) is 0. The fourth-order valence-corrected chi connectivity index (χ4v) is 2.36. The lowest BCUT2D eigenvalue weighted by Gasteiger charge is -2.22. The molecule has 0 aromatic heterocycles. The van der Waals surface area contributed by atoms with Gasteiger partial charge in [-0.15, -0.1) is 0 Å². The van der Waals surface area contributed by atoms with E-state index in [-0.39, 0.29) is 12.2 Å². The second-order valence-corrected chi connectivity index (χ2v) is 5.20. The van der Waals surface area contributed by atoms with Gasteiger partial charge in [-0.25, -0.2) is 0 Å². The second kappa shape index (κ2) is 6.85. The normalized spacial score (nSPS) is 11.4. The summed E-state index contributed by atoms with van der Waals surface area (Å²) in [6.07, 6.45) is 0.308. The van der Waals surface area contributed by atoms with Crippen LogP contribution in [0.5, 0.6) is 0 Å². The van der Waals surface area contributed by atoms with Crippen LogP contribution in [-0.2, 0) is 9.05 Å². The van der Waals surface area contributed by atoms with E-state index < -0.39 is 8.53 Å². The van der Waals surface area contributed by atoms with Gasteiger partial charge >= 0.3 is 0 Å². The van der Waals surface area contributed by atoms with Gasteiger partial charge in [0.15, 0.2) is 0 Å². The minimum absolute atomic E-state index is 0.154. The van der Waals surface area contributed by atoms with Gasteiger partial charge in [-0.1, -0.05) is 18.2 Å². The van der Waals surface area contributed by atoms with Crippen LogP contribution in [0.4, 0.5) is 5.69 Å². The van der Waals surface area contributed by atoms with Gasteiger partial charge in [-0.05, 0) is 39.8 Å². The summed E-state index contributed by atoms with van der Waals surface area (Å²) in [5.41, 5.74) is 1.02. The van der Waals surface area contributed by atoms with Gasteiger partial charge < -0.3 is 14.1 Å². The van der Waals surface area contributed by atoms with E-state index in [1.165, 1.54) is 0 Å². The molecule has 0 aliphatic carbocycles. The Morgan fingerprint density at radius 1 is 0.938 bits per heavy atom. The summed E-state index contributed by atoms with van der Waals surface area (Å²) in [6.45, 7) is 8.02. The van der Waals surface area contributed by atoms with E-state index in [1.54, 1.807) is 0 Å². The molecule has 4 heteroatoms. The topological polar surface area (TPSA) is 30.5 Å². The minimum atomic E-state index is -1.07. The smallest absolute Gasteiger partial charge is 0.287 e. The van der Waals surface area contributed by atoms with Crippen molar-refractivity contribution in [3.05, 3.63) is 30.3 Å². The van der Waals surface area contributed by atoms with Crippen LogP contribution in [0.1, 0.15) is 27.7 Å². The molecule has 0 saturated carbocycles. The Hall–Kier alpha value is -0.630. The molecule has 0 radical (unpaired) electrons. The molecule has 0 bridgehead atoms. The molecule has 0 heterocycles. The van der Waals surface area contributed by atoms with Crippen molar-refractivity contribution in [1.29, 1.82) is 0 Å². The van der Waals surface area contributed by atoms with Crippen molar-refractivity contribution in [2.75, 3.05) is 5.09 Å². The fourth-order valence-electron chi connectivity index (χ4n) is 1.08. The Kier molecular flexibility index (Phi) is 5.75. The van der Waals surface area contributed by atoms with Gasteiger partial charge in [0.1, 0.15) is 0 Å². The van der Waals surface area contributed by atoms with Gasteiger partial charge in [-0.3, -0.25) is 0 Å². The summed E-state index contributed by atoms with van der Waals surface area (Å²) in [6, 6.07) is 9.96. The first-order valence-electron chi connectivity index (χ1n) is 5.53. The third-order valence-electron chi connectivity index (χ3n) is 1.61. The molecule has 0 atom stereocenters. The highest BCUT2D eigenvalue weighted by atomic mass is 31.2. The van der Waals surface area contributed by atoms with Gasteiger partial charge in [-0.2, -0.15) is 0 Å². The molecule has 0 aliphatic heterocycles. The zero-order chi connectivity index (χ0) is 12.0. The maximum Gasteiger partial charge on any atom is 0.287 e. The van der Waals surface area contributed by atoms with E-state index in [0.717, 1.165) is 5.69 Å². The predicted molar refractivity (Wildman–Crippen MR) is 69.4 cm³/mol. The lowest BCUT2D eigenvalue weighted by molar-refractivity contribution is 0.180. The van der Waals surface area contributed by atoms with Crippen LogP contribution >= 0.6 is 8.53 Å². The molecule has 1 aromatic rings. The number of hydrogen-bond acceptors (Lipinski definition) is 3. The van der Waals surface area contributed by atoms with Crippen LogP contribution in [0.3, 0.4) is 0 Å². The highest BCUT2D eigenvalue weighted by Crippen LogP contribution is 2.41. The zero-order valence-electron chi connectivity index (χ0n) is 10.3. The summed E-state index contributed by atoms with van der Waals surface area (Å²) < 4.78 is 11.4. The van der Waals surface area contributed by atoms with Crippen molar-refractivity contribution in [3.63, 3.8) is 0 Å². The minimum Gasteiger partial charge on any atom is -0.320 e. The van der Waals surface area contributed by atoms with Crippen LogP contribution in [0.25, 0.3) is 0 Å². The first-order valence-corrected chi connectivity index (χ1v) is 6.71. The quantitative estimate of drug-likeness (QED) is 0.758. The van der Waals surface area contributed by atoms with Crippen LogP contribution in [0, 0.1) is 0 Å². The zero-order valence-corrected chi connectivity index (χ0v) is 11.2. The molecule has 0 unspecified atom stereocenters. The molecule has 1 aromatic carbocycles. The first-order chi connectivity index (χ1) is 7.58. The molecule has 1 N–H and O–H groups in total. The van der Waals surface area contributed by atoms with E-state index >= 15 is 0 Å². The van der Waals surface area contributed by atoms with E-state index in [1.807, 2.05) is 58.0 Å². The third kappa shape index (κ3) is 5.45. The number of anilines is 1. The highest BCUT2D eigenvalue weighted by Gasteiger charge is 2.14. The highest BCUT2D eigenvalue weighted by molar-refractivity contribution is 7.49. The number of benzene rings is 1. The lowest BCUT2D eigenvalue weighted by atomic mass is 10.3. The lowest BCUT2D eigenvalue weighted by Crippen LogP contribution is -2.09. The number of hydrogen-bond donors (Lipinski definition) is 1. The molecule has 0 amide bonds. The second-order valence-electron chi connectivity index (χ2n) is 4.04. The van der Waals surface area contributed by atoms with Gasteiger partial charge in [0.05, 0.1) is 12.2 Å². The maximum absolute atomic E-state index is 5.70. The summed E-state index contributed by atoms with van der Waals surface area (Å²) in [5, 5.41) is 3.26. The average molecular weight is 241 g/mol. The van der Waals surface area contributed by atoms with Crippen LogP contribution in [-0.4, -0.2) is 12.2 Å². The molecule has 16 heavy (non-hydrogen) atoms. The van der Waals surface area contributed by atoms with E-state index in [0.29, 0.717) is 0 Å². The molecule has 0 fully saturated rings. The van der Waals surface area contributed by atoms with E-state index in [9.17, 15) is 0 Å². The molecular weight excluding hydrogens is 221 g/mol. The van der Waals surface area contributed by atoms with Crippen LogP contribution in [0.2, 0.25) is 0 Å². The maximum atomic E-state index is 5.70. The van der Waals surface area contributed by atoms with Crippen LogP contribution < -0.4 is 5.09 Å². The van der Waals surface area contributed by atoms with Crippen molar-refractivity contribution in [3.8, 4) is 0 Å². The molecule has 90 valence electrons.